The van der Waals surface area contributed by atoms with E-state index in [-0.39, 0.29) is 35.4 Å². The Morgan fingerprint density at radius 2 is 1.75 bits per heavy atom. The number of hydrogen-bond acceptors (Lipinski definition) is 5. The zero-order valence-corrected chi connectivity index (χ0v) is 13.6. The van der Waals surface area contributed by atoms with Gasteiger partial charge in [-0.3, -0.25) is 24.5 Å². The number of non-ortho nitro benzene ring substituents is 1. The van der Waals surface area contributed by atoms with E-state index >= 15 is 0 Å². The molecular formula is C14H15ClN4O5. The van der Waals surface area contributed by atoms with Crippen molar-refractivity contribution in [1.29, 1.82) is 0 Å². The number of rotatable bonds is 2. The number of nitrogens with zero attached hydrogens (tertiary/aromatic N) is 3. The van der Waals surface area contributed by atoms with E-state index in [4.69, 9.17) is 11.6 Å². The minimum absolute atomic E-state index is 0.00779. The van der Waals surface area contributed by atoms with E-state index in [0.717, 1.165) is 6.07 Å². The van der Waals surface area contributed by atoms with Gasteiger partial charge in [-0.05, 0) is 6.07 Å². The standard InChI is InChI=1S/C14H15ClN4O5/c1-9(20)17-4-6-18(7-5-17)14(22)13(21)16-12-8-10(19(23)24)2-3-11(12)15/h2-3,8H,4-7H2,1H3,(H,16,21). The summed E-state index contributed by atoms with van der Waals surface area (Å²) in [4.78, 5) is 48.5. The van der Waals surface area contributed by atoms with Gasteiger partial charge >= 0.3 is 11.8 Å². The predicted octanol–water partition coefficient (Wildman–Crippen LogP) is 0.877. The lowest BCUT2D eigenvalue weighted by Crippen LogP contribution is -2.52. The van der Waals surface area contributed by atoms with Crippen molar-refractivity contribution in [2.75, 3.05) is 31.5 Å². The third kappa shape index (κ3) is 3.99. The number of anilines is 1. The maximum absolute atomic E-state index is 12.1. The predicted molar refractivity (Wildman–Crippen MR) is 85.6 cm³/mol. The molecule has 1 aromatic carbocycles. The summed E-state index contributed by atoms with van der Waals surface area (Å²) in [5.74, 6) is -1.80. The fourth-order valence-electron chi connectivity index (χ4n) is 2.27. The molecule has 0 aliphatic carbocycles. The highest BCUT2D eigenvalue weighted by Gasteiger charge is 2.27. The Kier molecular flexibility index (Phi) is 5.35. The lowest BCUT2D eigenvalue weighted by molar-refractivity contribution is -0.384. The first-order valence-corrected chi connectivity index (χ1v) is 7.47. The molecule has 1 aliphatic heterocycles. The molecule has 0 radical (unpaired) electrons. The highest BCUT2D eigenvalue weighted by molar-refractivity contribution is 6.41. The third-order valence-electron chi connectivity index (χ3n) is 3.62. The molecule has 1 aliphatic rings. The Hall–Kier alpha value is -2.68. The molecule has 0 unspecified atom stereocenters. The van der Waals surface area contributed by atoms with E-state index < -0.39 is 16.7 Å². The number of carbonyl (C=O) groups excluding carboxylic acids is 3. The number of piperazine rings is 1. The van der Waals surface area contributed by atoms with Gasteiger partial charge in [0.1, 0.15) is 0 Å². The van der Waals surface area contributed by atoms with Crippen molar-refractivity contribution in [2.24, 2.45) is 0 Å². The van der Waals surface area contributed by atoms with Crippen molar-refractivity contribution in [1.82, 2.24) is 9.80 Å². The van der Waals surface area contributed by atoms with Crippen LogP contribution in [0, 0.1) is 10.1 Å². The second-order valence-corrected chi connectivity index (χ2v) is 5.58. The van der Waals surface area contributed by atoms with Crippen molar-refractivity contribution in [2.45, 2.75) is 6.92 Å². The van der Waals surface area contributed by atoms with Gasteiger partial charge in [-0.15, -0.1) is 0 Å². The first-order chi connectivity index (χ1) is 11.3. The van der Waals surface area contributed by atoms with E-state index in [1.165, 1.54) is 24.0 Å². The van der Waals surface area contributed by atoms with Crippen LogP contribution in [-0.2, 0) is 14.4 Å². The van der Waals surface area contributed by atoms with Gasteiger partial charge in [0, 0.05) is 45.2 Å². The number of amides is 3. The summed E-state index contributed by atoms with van der Waals surface area (Å²) in [5, 5.41) is 13.1. The van der Waals surface area contributed by atoms with Crippen LogP contribution in [0.5, 0.6) is 0 Å². The van der Waals surface area contributed by atoms with Gasteiger partial charge in [0.15, 0.2) is 0 Å². The Bertz CT molecular complexity index is 700. The van der Waals surface area contributed by atoms with Crippen LogP contribution < -0.4 is 5.32 Å². The summed E-state index contributed by atoms with van der Waals surface area (Å²) in [6.45, 7) is 2.63. The van der Waals surface area contributed by atoms with Crippen molar-refractivity contribution in [3.8, 4) is 0 Å². The van der Waals surface area contributed by atoms with Crippen LogP contribution in [0.2, 0.25) is 5.02 Å². The first-order valence-electron chi connectivity index (χ1n) is 7.09. The first kappa shape index (κ1) is 17.7. The van der Waals surface area contributed by atoms with Crippen LogP contribution in [0.1, 0.15) is 6.92 Å². The molecule has 3 amide bonds. The zero-order chi connectivity index (χ0) is 17.9. The van der Waals surface area contributed by atoms with Crippen LogP contribution in [0.4, 0.5) is 11.4 Å². The van der Waals surface area contributed by atoms with E-state index in [1.54, 1.807) is 4.90 Å². The smallest absolute Gasteiger partial charge is 0.313 e. The SMILES string of the molecule is CC(=O)N1CCN(C(=O)C(=O)Nc2cc([N+](=O)[O-])ccc2Cl)CC1. The summed E-state index contributed by atoms with van der Waals surface area (Å²) >= 11 is 5.88. The number of nitrogens with one attached hydrogen (secondary N) is 1. The monoisotopic (exact) mass is 354 g/mol. The number of halogens is 1. The minimum Gasteiger partial charge on any atom is -0.339 e. The second-order valence-electron chi connectivity index (χ2n) is 5.17. The molecule has 1 aromatic rings. The van der Waals surface area contributed by atoms with Crippen molar-refractivity contribution in [3.63, 3.8) is 0 Å². The molecular weight excluding hydrogens is 340 g/mol. The Morgan fingerprint density at radius 1 is 1.17 bits per heavy atom. The van der Waals surface area contributed by atoms with Gasteiger partial charge in [-0.2, -0.15) is 0 Å². The number of nitro benzene ring substituents is 1. The fraction of sp³-hybridized carbons (Fsp3) is 0.357. The lowest BCUT2D eigenvalue weighted by atomic mass is 10.2. The molecule has 0 saturated carbocycles. The Labute approximate surface area is 142 Å². The molecule has 0 spiro atoms. The quantitative estimate of drug-likeness (QED) is 0.481. The van der Waals surface area contributed by atoms with Gasteiger partial charge < -0.3 is 15.1 Å². The largest absolute Gasteiger partial charge is 0.339 e. The van der Waals surface area contributed by atoms with Crippen molar-refractivity contribution in [3.05, 3.63) is 33.3 Å². The zero-order valence-electron chi connectivity index (χ0n) is 12.8. The molecule has 0 atom stereocenters. The average molecular weight is 355 g/mol. The molecule has 2 rings (SSSR count). The van der Waals surface area contributed by atoms with Crippen LogP contribution >= 0.6 is 11.6 Å². The lowest BCUT2D eigenvalue weighted by Gasteiger charge is -2.33. The third-order valence-corrected chi connectivity index (χ3v) is 3.95. The number of carbonyl (C=O) groups is 3. The molecule has 0 bridgehead atoms. The minimum atomic E-state index is -0.936. The summed E-state index contributed by atoms with van der Waals surface area (Å²) in [7, 11) is 0. The average Bonchev–Trinajstić information content (AvgIpc) is 2.55. The maximum Gasteiger partial charge on any atom is 0.313 e. The highest BCUT2D eigenvalue weighted by Crippen LogP contribution is 2.26. The molecule has 10 heteroatoms. The normalized spacial score (nSPS) is 14.2. The molecule has 0 aromatic heterocycles. The van der Waals surface area contributed by atoms with Crippen molar-refractivity contribution < 1.29 is 19.3 Å². The van der Waals surface area contributed by atoms with Gasteiger partial charge in [0.05, 0.1) is 15.6 Å². The van der Waals surface area contributed by atoms with E-state index in [0.29, 0.717) is 13.1 Å². The Balaban J connectivity index is 2.02. The van der Waals surface area contributed by atoms with E-state index in [2.05, 4.69) is 5.32 Å². The van der Waals surface area contributed by atoms with Crippen molar-refractivity contribution >= 4 is 40.7 Å². The highest BCUT2D eigenvalue weighted by atomic mass is 35.5. The maximum atomic E-state index is 12.1. The van der Waals surface area contributed by atoms with Crippen LogP contribution in [0.15, 0.2) is 18.2 Å². The van der Waals surface area contributed by atoms with Gasteiger partial charge in [0.2, 0.25) is 5.91 Å². The van der Waals surface area contributed by atoms with E-state index in [1.807, 2.05) is 0 Å². The van der Waals surface area contributed by atoms with Crippen LogP contribution in [0.25, 0.3) is 0 Å². The summed E-state index contributed by atoms with van der Waals surface area (Å²) in [5.41, 5.74) is -0.260. The molecule has 24 heavy (non-hydrogen) atoms. The fourth-order valence-corrected chi connectivity index (χ4v) is 2.43. The van der Waals surface area contributed by atoms with Crippen LogP contribution in [-0.4, -0.2) is 58.6 Å². The molecule has 1 N–H and O–H groups in total. The number of hydrogen-bond donors (Lipinski definition) is 1. The van der Waals surface area contributed by atoms with Gasteiger partial charge in [-0.25, -0.2) is 0 Å². The summed E-state index contributed by atoms with van der Waals surface area (Å²) in [6.07, 6.45) is 0. The number of nitro groups is 1. The topological polar surface area (TPSA) is 113 Å². The molecule has 128 valence electrons. The number of benzene rings is 1. The Morgan fingerprint density at radius 3 is 2.29 bits per heavy atom. The molecule has 1 heterocycles. The van der Waals surface area contributed by atoms with Gasteiger partial charge in [0.25, 0.3) is 5.69 Å². The summed E-state index contributed by atoms with van der Waals surface area (Å²) < 4.78 is 0. The van der Waals surface area contributed by atoms with Gasteiger partial charge in [-0.1, -0.05) is 11.6 Å². The molecule has 1 saturated heterocycles. The summed E-state index contributed by atoms with van der Waals surface area (Å²) in [6, 6.07) is 3.55. The second kappa shape index (κ2) is 7.26. The van der Waals surface area contributed by atoms with E-state index in [9.17, 15) is 24.5 Å². The molecule has 1 fully saturated rings. The molecule has 9 nitrogen and oxygen atoms in total. The van der Waals surface area contributed by atoms with Crippen LogP contribution in [0.3, 0.4) is 0 Å².